The van der Waals surface area contributed by atoms with Crippen LogP contribution in [0.2, 0.25) is 0 Å². The first-order valence-electron chi connectivity index (χ1n) is 6.34. The SMILES string of the molecule is NNc1ccc(Cn2cc(-c3ccccc3)cn2)cn1. The average molecular weight is 265 g/mol. The number of nitrogen functional groups attached to an aromatic ring is 1. The van der Waals surface area contributed by atoms with Crippen LogP contribution in [0.3, 0.4) is 0 Å². The second kappa shape index (κ2) is 5.54. The number of nitrogens with zero attached hydrogens (tertiary/aromatic N) is 3. The Morgan fingerprint density at radius 3 is 2.55 bits per heavy atom. The van der Waals surface area contributed by atoms with E-state index >= 15 is 0 Å². The van der Waals surface area contributed by atoms with Crippen molar-refractivity contribution in [2.45, 2.75) is 6.54 Å². The maximum absolute atomic E-state index is 5.29. The van der Waals surface area contributed by atoms with Crippen LogP contribution >= 0.6 is 0 Å². The van der Waals surface area contributed by atoms with E-state index in [2.05, 4.69) is 27.6 Å². The van der Waals surface area contributed by atoms with E-state index in [1.54, 1.807) is 6.20 Å². The normalized spacial score (nSPS) is 10.4. The number of benzene rings is 1. The van der Waals surface area contributed by atoms with Gasteiger partial charge in [0.2, 0.25) is 0 Å². The predicted molar refractivity (Wildman–Crippen MR) is 78.8 cm³/mol. The van der Waals surface area contributed by atoms with Gasteiger partial charge in [0.05, 0.1) is 12.7 Å². The first-order chi connectivity index (χ1) is 9.85. The number of hydrogen-bond acceptors (Lipinski definition) is 4. The van der Waals surface area contributed by atoms with E-state index in [-0.39, 0.29) is 0 Å². The van der Waals surface area contributed by atoms with Gasteiger partial charge in [-0.3, -0.25) is 4.68 Å². The highest BCUT2D eigenvalue weighted by atomic mass is 15.3. The van der Waals surface area contributed by atoms with Gasteiger partial charge in [0.15, 0.2) is 0 Å². The molecule has 20 heavy (non-hydrogen) atoms. The molecule has 100 valence electrons. The van der Waals surface area contributed by atoms with Crippen molar-refractivity contribution in [3.63, 3.8) is 0 Å². The summed E-state index contributed by atoms with van der Waals surface area (Å²) in [4.78, 5) is 4.18. The highest BCUT2D eigenvalue weighted by molar-refractivity contribution is 5.61. The van der Waals surface area contributed by atoms with Crippen LogP contribution in [0, 0.1) is 0 Å². The molecule has 0 aliphatic carbocycles. The minimum absolute atomic E-state index is 0.652. The lowest BCUT2D eigenvalue weighted by atomic mass is 10.1. The van der Waals surface area contributed by atoms with Gasteiger partial charge < -0.3 is 5.43 Å². The maximum atomic E-state index is 5.29. The van der Waals surface area contributed by atoms with Crippen molar-refractivity contribution < 1.29 is 0 Å². The standard InChI is InChI=1S/C15H15N5/c16-19-15-7-6-12(8-17-15)10-20-11-14(9-18-20)13-4-2-1-3-5-13/h1-9,11H,10,16H2,(H,17,19). The van der Waals surface area contributed by atoms with E-state index in [1.165, 1.54) is 5.56 Å². The molecule has 0 radical (unpaired) electrons. The van der Waals surface area contributed by atoms with Crippen LogP contribution in [0.5, 0.6) is 0 Å². The first kappa shape index (κ1) is 12.4. The van der Waals surface area contributed by atoms with Gasteiger partial charge in [-0.05, 0) is 17.2 Å². The molecular formula is C15H15N5. The van der Waals surface area contributed by atoms with Gasteiger partial charge in [-0.25, -0.2) is 10.8 Å². The van der Waals surface area contributed by atoms with Crippen LogP contribution in [-0.2, 0) is 6.54 Å². The number of pyridine rings is 1. The van der Waals surface area contributed by atoms with Crippen LogP contribution in [0.4, 0.5) is 5.82 Å². The molecule has 0 spiro atoms. The van der Waals surface area contributed by atoms with Crippen LogP contribution in [0.15, 0.2) is 61.1 Å². The third-order valence-corrected chi connectivity index (χ3v) is 3.06. The fourth-order valence-electron chi connectivity index (χ4n) is 2.02. The molecule has 5 nitrogen and oxygen atoms in total. The van der Waals surface area contributed by atoms with Crippen LogP contribution in [0.25, 0.3) is 11.1 Å². The van der Waals surface area contributed by atoms with Crippen LogP contribution in [-0.4, -0.2) is 14.8 Å². The van der Waals surface area contributed by atoms with E-state index in [4.69, 9.17) is 5.84 Å². The minimum atomic E-state index is 0.652. The lowest BCUT2D eigenvalue weighted by Gasteiger charge is -2.03. The zero-order chi connectivity index (χ0) is 13.8. The quantitative estimate of drug-likeness (QED) is 0.561. The molecule has 5 heteroatoms. The summed E-state index contributed by atoms with van der Waals surface area (Å²) in [6.45, 7) is 0.685. The summed E-state index contributed by atoms with van der Waals surface area (Å²) >= 11 is 0. The molecule has 0 saturated carbocycles. The molecule has 0 aliphatic heterocycles. The highest BCUT2D eigenvalue weighted by Gasteiger charge is 2.02. The second-order valence-corrected chi connectivity index (χ2v) is 4.49. The van der Waals surface area contributed by atoms with Gasteiger partial charge in [0, 0.05) is 18.0 Å². The molecule has 0 unspecified atom stereocenters. The van der Waals surface area contributed by atoms with Crippen molar-refractivity contribution >= 4 is 5.82 Å². The molecule has 0 aliphatic rings. The topological polar surface area (TPSA) is 68.8 Å². The molecule has 0 bridgehead atoms. The summed E-state index contributed by atoms with van der Waals surface area (Å²) in [5, 5.41) is 4.38. The van der Waals surface area contributed by atoms with Gasteiger partial charge in [0.25, 0.3) is 0 Å². The van der Waals surface area contributed by atoms with Crippen LogP contribution < -0.4 is 11.3 Å². The smallest absolute Gasteiger partial charge is 0.139 e. The molecule has 0 amide bonds. The van der Waals surface area contributed by atoms with E-state index in [1.807, 2.05) is 47.4 Å². The Balaban J connectivity index is 1.77. The third-order valence-electron chi connectivity index (χ3n) is 3.06. The first-order valence-corrected chi connectivity index (χ1v) is 6.34. The molecule has 0 saturated heterocycles. The summed E-state index contributed by atoms with van der Waals surface area (Å²) in [5.41, 5.74) is 5.86. The maximum Gasteiger partial charge on any atom is 0.139 e. The van der Waals surface area contributed by atoms with Gasteiger partial charge >= 0.3 is 0 Å². The molecule has 1 aromatic carbocycles. The van der Waals surface area contributed by atoms with E-state index in [0.29, 0.717) is 12.4 Å². The van der Waals surface area contributed by atoms with Crippen molar-refractivity contribution in [3.8, 4) is 11.1 Å². The second-order valence-electron chi connectivity index (χ2n) is 4.49. The molecule has 0 atom stereocenters. The molecule has 3 N–H and O–H groups in total. The monoisotopic (exact) mass is 265 g/mol. The summed E-state index contributed by atoms with van der Waals surface area (Å²) in [5.74, 6) is 5.94. The summed E-state index contributed by atoms with van der Waals surface area (Å²) in [6, 6.07) is 14.0. The molecule has 3 rings (SSSR count). The Kier molecular flexibility index (Phi) is 3.43. The Hall–Kier alpha value is -2.66. The molecular weight excluding hydrogens is 250 g/mol. The van der Waals surface area contributed by atoms with E-state index in [9.17, 15) is 0 Å². The molecule has 2 heterocycles. The van der Waals surface area contributed by atoms with Crippen molar-refractivity contribution in [1.82, 2.24) is 14.8 Å². The van der Waals surface area contributed by atoms with Crippen LogP contribution in [0.1, 0.15) is 5.56 Å². The summed E-state index contributed by atoms with van der Waals surface area (Å²) in [7, 11) is 0. The van der Waals surface area contributed by atoms with Crippen molar-refractivity contribution in [3.05, 3.63) is 66.6 Å². The number of anilines is 1. The Morgan fingerprint density at radius 1 is 1.00 bits per heavy atom. The third kappa shape index (κ3) is 2.67. The number of aromatic nitrogens is 3. The summed E-state index contributed by atoms with van der Waals surface area (Å²) in [6.07, 6.45) is 5.70. The Labute approximate surface area is 117 Å². The number of rotatable bonds is 4. The zero-order valence-corrected chi connectivity index (χ0v) is 10.9. The zero-order valence-electron chi connectivity index (χ0n) is 10.9. The predicted octanol–water partition coefficient (Wildman–Crippen LogP) is 2.28. The molecule has 3 aromatic rings. The highest BCUT2D eigenvalue weighted by Crippen LogP contribution is 2.18. The van der Waals surface area contributed by atoms with Gasteiger partial charge in [0.1, 0.15) is 5.82 Å². The number of nitrogens with one attached hydrogen (secondary N) is 1. The molecule has 2 aromatic heterocycles. The minimum Gasteiger partial charge on any atom is -0.308 e. The number of hydrogen-bond donors (Lipinski definition) is 2. The Bertz CT molecular complexity index is 673. The summed E-state index contributed by atoms with van der Waals surface area (Å²) < 4.78 is 1.90. The fourth-order valence-corrected chi connectivity index (χ4v) is 2.02. The van der Waals surface area contributed by atoms with Gasteiger partial charge in [-0.2, -0.15) is 5.10 Å². The largest absolute Gasteiger partial charge is 0.308 e. The van der Waals surface area contributed by atoms with Gasteiger partial charge in [-0.15, -0.1) is 0 Å². The van der Waals surface area contributed by atoms with Crippen molar-refractivity contribution in [2.75, 3.05) is 5.43 Å². The average Bonchev–Trinajstić information content (AvgIpc) is 2.97. The lowest BCUT2D eigenvalue weighted by Crippen LogP contribution is -2.08. The number of hydrazine groups is 1. The van der Waals surface area contributed by atoms with Crippen molar-refractivity contribution in [2.24, 2.45) is 5.84 Å². The van der Waals surface area contributed by atoms with Gasteiger partial charge in [-0.1, -0.05) is 36.4 Å². The fraction of sp³-hybridized carbons (Fsp3) is 0.0667. The van der Waals surface area contributed by atoms with E-state index in [0.717, 1.165) is 11.1 Å². The number of nitrogens with two attached hydrogens (primary N) is 1. The Morgan fingerprint density at radius 2 is 1.85 bits per heavy atom. The lowest BCUT2D eigenvalue weighted by molar-refractivity contribution is 0.685. The van der Waals surface area contributed by atoms with Crippen molar-refractivity contribution in [1.29, 1.82) is 0 Å². The molecule has 0 fully saturated rings. The van der Waals surface area contributed by atoms with E-state index < -0.39 is 0 Å².